The average molecular weight is 446 g/mol. The lowest BCUT2D eigenvalue weighted by molar-refractivity contribution is 0.0948. The number of aromatic nitrogens is 2. The van der Waals surface area contributed by atoms with Crippen LogP contribution in [0.4, 0.5) is 0 Å². The van der Waals surface area contributed by atoms with Crippen molar-refractivity contribution in [3.05, 3.63) is 59.1 Å². The second-order valence-electron chi connectivity index (χ2n) is 7.25. The van der Waals surface area contributed by atoms with E-state index >= 15 is 0 Å². The number of rotatable bonds is 7. The van der Waals surface area contributed by atoms with Crippen LogP contribution in [-0.4, -0.2) is 49.3 Å². The summed E-state index contributed by atoms with van der Waals surface area (Å²) in [4.78, 5) is 13.7. The van der Waals surface area contributed by atoms with Gasteiger partial charge in [-0.2, -0.15) is 5.10 Å². The lowest BCUT2D eigenvalue weighted by Crippen LogP contribution is -2.26. The first kappa shape index (κ1) is 20.6. The Morgan fingerprint density at radius 3 is 2.73 bits per heavy atom. The van der Waals surface area contributed by atoms with Crippen molar-refractivity contribution in [2.24, 2.45) is 0 Å². The number of amides is 1. The third-order valence-electron chi connectivity index (χ3n) is 5.15. The van der Waals surface area contributed by atoms with E-state index in [9.17, 15) is 13.2 Å². The highest BCUT2D eigenvalue weighted by Crippen LogP contribution is 2.32. The van der Waals surface area contributed by atoms with E-state index in [1.54, 1.807) is 17.9 Å². The van der Waals surface area contributed by atoms with E-state index in [0.717, 1.165) is 21.9 Å². The Morgan fingerprint density at radius 1 is 1.30 bits per heavy atom. The number of benzene rings is 1. The first-order valence-corrected chi connectivity index (χ1v) is 12.4. The molecule has 1 aliphatic rings. The molecule has 1 amide bonds. The minimum absolute atomic E-state index is 0.0611. The molecule has 1 N–H and O–H groups in total. The number of hydrogen-bond acceptors (Lipinski definition) is 6. The number of carbonyl (C=O) groups excluding carboxylic acids is 1. The van der Waals surface area contributed by atoms with Gasteiger partial charge in [0.15, 0.2) is 15.5 Å². The van der Waals surface area contributed by atoms with E-state index in [1.165, 1.54) is 11.3 Å². The van der Waals surface area contributed by atoms with Crippen molar-refractivity contribution in [1.29, 1.82) is 0 Å². The van der Waals surface area contributed by atoms with Crippen molar-refractivity contribution in [1.82, 2.24) is 15.1 Å². The number of methoxy groups -OCH3 is 1. The molecule has 2 aromatic heterocycles. The maximum absolute atomic E-state index is 12.7. The second-order valence-corrected chi connectivity index (χ2v) is 10.4. The van der Waals surface area contributed by atoms with Gasteiger partial charge in [0.2, 0.25) is 0 Å². The molecule has 3 heterocycles. The summed E-state index contributed by atoms with van der Waals surface area (Å²) in [5, 5.41) is 9.35. The minimum atomic E-state index is -3.06. The Kier molecular flexibility index (Phi) is 5.92. The molecule has 1 aliphatic heterocycles. The van der Waals surface area contributed by atoms with Crippen LogP contribution in [0.3, 0.4) is 0 Å². The molecule has 0 saturated carbocycles. The molecular formula is C21H23N3O4S2. The Hall–Kier alpha value is -2.65. The van der Waals surface area contributed by atoms with Crippen molar-refractivity contribution in [3.63, 3.8) is 0 Å². The van der Waals surface area contributed by atoms with Crippen molar-refractivity contribution < 1.29 is 17.9 Å². The fourth-order valence-corrected chi connectivity index (χ4v) is 5.99. The third kappa shape index (κ3) is 4.57. The highest BCUT2D eigenvalue weighted by atomic mass is 32.2. The van der Waals surface area contributed by atoms with Gasteiger partial charge >= 0.3 is 0 Å². The van der Waals surface area contributed by atoms with Crippen LogP contribution in [0.2, 0.25) is 0 Å². The molecule has 1 atom stereocenters. The van der Waals surface area contributed by atoms with Crippen LogP contribution >= 0.6 is 11.3 Å². The molecule has 1 fully saturated rings. The molecule has 9 heteroatoms. The van der Waals surface area contributed by atoms with Crippen LogP contribution < -0.4 is 10.1 Å². The Morgan fingerprint density at radius 2 is 2.10 bits per heavy atom. The normalized spacial score (nSPS) is 17.7. The van der Waals surface area contributed by atoms with Crippen LogP contribution in [0.25, 0.3) is 10.6 Å². The molecular weight excluding hydrogens is 422 g/mol. The summed E-state index contributed by atoms with van der Waals surface area (Å²) < 4.78 is 30.8. The van der Waals surface area contributed by atoms with Gasteiger partial charge in [0, 0.05) is 6.54 Å². The number of nitrogens with zero attached hydrogens (tertiary/aromatic N) is 2. The number of hydrogen-bond donors (Lipinski definition) is 1. The minimum Gasteiger partial charge on any atom is -0.497 e. The second kappa shape index (κ2) is 8.61. The molecule has 1 saturated heterocycles. The molecule has 30 heavy (non-hydrogen) atoms. The van der Waals surface area contributed by atoms with E-state index in [-0.39, 0.29) is 23.5 Å². The summed E-state index contributed by atoms with van der Waals surface area (Å²) in [6.07, 6.45) is 1.20. The monoisotopic (exact) mass is 445 g/mol. The molecule has 1 aromatic carbocycles. The zero-order valence-electron chi connectivity index (χ0n) is 16.6. The van der Waals surface area contributed by atoms with Gasteiger partial charge in [-0.1, -0.05) is 18.2 Å². The van der Waals surface area contributed by atoms with E-state index in [1.807, 2.05) is 41.8 Å². The quantitative estimate of drug-likeness (QED) is 0.604. The van der Waals surface area contributed by atoms with Gasteiger partial charge in [0.05, 0.1) is 35.2 Å². The lowest BCUT2D eigenvalue weighted by atomic mass is 10.1. The predicted octanol–water partition coefficient (Wildman–Crippen LogP) is 2.95. The van der Waals surface area contributed by atoms with E-state index < -0.39 is 9.84 Å². The number of thiophene rings is 1. The molecule has 0 spiro atoms. The van der Waals surface area contributed by atoms with Crippen molar-refractivity contribution in [2.75, 3.05) is 25.2 Å². The van der Waals surface area contributed by atoms with Crippen LogP contribution in [0.5, 0.6) is 5.75 Å². The van der Waals surface area contributed by atoms with Gasteiger partial charge in [0.1, 0.15) is 5.75 Å². The maximum atomic E-state index is 12.7. The zero-order valence-corrected chi connectivity index (χ0v) is 18.2. The summed E-state index contributed by atoms with van der Waals surface area (Å²) in [6.45, 7) is 0.476. The van der Waals surface area contributed by atoms with Gasteiger partial charge in [-0.05, 0) is 48.1 Å². The largest absolute Gasteiger partial charge is 0.497 e. The SMILES string of the molecule is COc1ccc(CCNC(=O)c2cc(-c3cccs3)n([C@H]3CCS(=O)(=O)C3)n2)cc1. The van der Waals surface area contributed by atoms with Crippen molar-refractivity contribution in [2.45, 2.75) is 18.9 Å². The van der Waals surface area contributed by atoms with Crippen LogP contribution in [-0.2, 0) is 16.3 Å². The Labute approximate surface area is 179 Å². The molecule has 0 unspecified atom stereocenters. The number of ether oxygens (including phenoxy) is 1. The summed E-state index contributed by atoms with van der Waals surface area (Å²) in [5.74, 6) is 0.750. The molecule has 4 rings (SSSR count). The van der Waals surface area contributed by atoms with Gasteiger partial charge in [-0.15, -0.1) is 11.3 Å². The number of carbonyl (C=O) groups is 1. The molecule has 0 aliphatic carbocycles. The van der Waals surface area contributed by atoms with E-state index in [4.69, 9.17) is 4.74 Å². The number of sulfone groups is 1. The zero-order chi connectivity index (χ0) is 21.1. The van der Waals surface area contributed by atoms with Crippen LogP contribution in [0.1, 0.15) is 28.5 Å². The topological polar surface area (TPSA) is 90.3 Å². The fourth-order valence-electron chi connectivity index (χ4n) is 3.56. The number of nitrogens with one attached hydrogen (secondary N) is 1. The van der Waals surface area contributed by atoms with Crippen molar-refractivity contribution in [3.8, 4) is 16.3 Å². The van der Waals surface area contributed by atoms with E-state index in [2.05, 4.69) is 10.4 Å². The smallest absolute Gasteiger partial charge is 0.271 e. The average Bonchev–Trinajstić information content (AvgIpc) is 3.47. The summed E-state index contributed by atoms with van der Waals surface area (Å²) >= 11 is 1.54. The highest BCUT2D eigenvalue weighted by molar-refractivity contribution is 7.91. The van der Waals surface area contributed by atoms with Gasteiger partial charge in [-0.25, -0.2) is 8.42 Å². The Balaban J connectivity index is 1.47. The predicted molar refractivity (Wildman–Crippen MR) is 117 cm³/mol. The summed E-state index contributed by atoms with van der Waals surface area (Å²) in [7, 11) is -1.43. The first-order chi connectivity index (χ1) is 14.4. The van der Waals surface area contributed by atoms with Gasteiger partial charge < -0.3 is 10.1 Å². The first-order valence-electron chi connectivity index (χ1n) is 9.70. The van der Waals surface area contributed by atoms with Gasteiger partial charge in [-0.3, -0.25) is 9.48 Å². The molecule has 158 valence electrons. The standard InChI is InChI=1S/C21H23N3O4S2/c1-28-17-6-4-15(5-7-17)8-10-22-21(25)18-13-19(20-3-2-11-29-20)24(23-18)16-9-12-30(26,27)14-16/h2-7,11,13,16H,8-10,12,14H2,1H3,(H,22,25)/t16-/m0/s1. The molecule has 0 radical (unpaired) electrons. The highest BCUT2D eigenvalue weighted by Gasteiger charge is 2.32. The summed E-state index contributed by atoms with van der Waals surface area (Å²) in [5.41, 5.74) is 2.18. The third-order valence-corrected chi connectivity index (χ3v) is 7.80. The molecule has 3 aromatic rings. The van der Waals surface area contributed by atoms with Gasteiger partial charge in [0.25, 0.3) is 5.91 Å². The van der Waals surface area contributed by atoms with E-state index in [0.29, 0.717) is 25.1 Å². The maximum Gasteiger partial charge on any atom is 0.271 e. The lowest BCUT2D eigenvalue weighted by Gasteiger charge is -2.12. The molecule has 7 nitrogen and oxygen atoms in total. The molecule has 0 bridgehead atoms. The van der Waals surface area contributed by atoms with Crippen LogP contribution in [0, 0.1) is 0 Å². The summed E-state index contributed by atoms with van der Waals surface area (Å²) in [6, 6.07) is 13.1. The Bertz CT molecular complexity index is 1120. The van der Waals surface area contributed by atoms with Crippen LogP contribution in [0.15, 0.2) is 47.8 Å². The fraction of sp³-hybridized carbons (Fsp3) is 0.333. The van der Waals surface area contributed by atoms with Crippen molar-refractivity contribution >= 4 is 27.1 Å².